The van der Waals surface area contributed by atoms with Crippen LogP contribution in [0.3, 0.4) is 0 Å². The molecule has 3 heterocycles. The molecule has 0 saturated carbocycles. The van der Waals surface area contributed by atoms with Crippen LogP contribution >= 0.6 is 11.3 Å². The molecule has 0 radical (unpaired) electrons. The number of rotatable bonds is 6. The molecule has 1 amide bonds. The van der Waals surface area contributed by atoms with Crippen molar-refractivity contribution in [1.29, 1.82) is 0 Å². The zero-order valence-corrected chi connectivity index (χ0v) is 24.3. The van der Waals surface area contributed by atoms with E-state index in [4.69, 9.17) is 9.72 Å². The number of aryl methyl sites for hydroxylation is 1. The Balaban J connectivity index is 1.45. The maximum atomic E-state index is 15.5. The van der Waals surface area contributed by atoms with Gasteiger partial charge in [0.1, 0.15) is 22.8 Å². The summed E-state index contributed by atoms with van der Waals surface area (Å²) >= 11 is 1.48. The van der Waals surface area contributed by atoms with Gasteiger partial charge < -0.3 is 19.4 Å². The molecule has 0 spiro atoms. The van der Waals surface area contributed by atoms with Crippen molar-refractivity contribution >= 4 is 45.0 Å². The van der Waals surface area contributed by atoms with Crippen molar-refractivity contribution in [2.24, 2.45) is 0 Å². The standard InChI is InChI=1S/C29H34F2N6O2S/c1-6-36(27-32-24(18-40-27)19-8-10-20(30)11-9-19)26-22-16-21(17-23(31)25(22)33-37(26)7-2)34-12-14-35(15-13-34)28(38)39-29(3,4)5/h8-11,16-18H,6-7,12-15H2,1-5H3. The number of hydrogen-bond acceptors (Lipinski definition) is 7. The fraction of sp³-hybridized carbons (Fsp3) is 0.414. The molecule has 0 N–H and O–H groups in total. The first-order valence-electron chi connectivity index (χ1n) is 13.5. The van der Waals surface area contributed by atoms with Gasteiger partial charge in [0.15, 0.2) is 10.9 Å². The monoisotopic (exact) mass is 568 g/mol. The number of fused-ring (bicyclic) bond motifs is 1. The predicted molar refractivity (Wildman–Crippen MR) is 156 cm³/mol. The van der Waals surface area contributed by atoms with E-state index >= 15 is 4.39 Å². The smallest absolute Gasteiger partial charge is 0.410 e. The molecule has 0 aliphatic carbocycles. The second-order valence-corrected chi connectivity index (χ2v) is 11.5. The zero-order valence-electron chi connectivity index (χ0n) is 23.4. The van der Waals surface area contributed by atoms with Crippen molar-refractivity contribution in [3.05, 3.63) is 53.4 Å². The van der Waals surface area contributed by atoms with E-state index in [0.29, 0.717) is 50.2 Å². The van der Waals surface area contributed by atoms with Gasteiger partial charge in [-0.25, -0.2) is 23.2 Å². The fourth-order valence-corrected chi connectivity index (χ4v) is 5.74. The number of anilines is 3. The van der Waals surface area contributed by atoms with Crippen LogP contribution < -0.4 is 9.80 Å². The van der Waals surface area contributed by atoms with Crippen molar-refractivity contribution in [2.75, 3.05) is 42.5 Å². The van der Waals surface area contributed by atoms with Gasteiger partial charge in [0.05, 0.1) is 5.69 Å². The highest BCUT2D eigenvalue weighted by Crippen LogP contribution is 2.38. The van der Waals surface area contributed by atoms with E-state index in [-0.39, 0.29) is 11.9 Å². The van der Waals surface area contributed by atoms with Crippen LogP contribution in [-0.4, -0.2) is 64.1 Å². The molecule has 1 saturated heterocycles. The van der Waals surface area contributed by atoms with Crippen LogP contribution in [0.1, 0.15) is 34.6 Å². The summed E-state index contributed by atoms with van der Waals surface area (Å²) in [6.45, 7) is 12.8. The Morgan fingerprint density at radius 3 is 2.40 bits per heavy atom. The minimum Gasteiger partial charge on any atom is -0.444 e. The van der Waals surface area contributed by atoms with Crippen molar-refractivity contribution < 1.29 is 18.3 Å². The predicted octanol–water partition coefficient (Wildman–Crippen LogP) is 6.67. The Hall–Kier alpha value is -3.73. The van der Waals surface area contributed by atoms with Gasteiger partial charge >= 0.3 is 6.09 Å². The topological polar surface area (TPSA) is 66.7 Å². The molecule has 5 rings (SSSR count). The number of nitrogens with zero attached hydrogens (tertiary/aromatic N) is 6. The van der Waals surface area contributed by atoms with Gasteiger partial charge in [-0.3, -0.25) is 0 Å². The maximum Gasteiger partial charge on any atom is 0.410 e. The summed E-state index contributed by atoms with van der Waals surface area (Å²) in [5, 5.41) is 7.99. The van der Waals surface area contributed by atoms with Crippen LogP contribution in [0.25, 0.3) is 22.2 Å². The Labute approximate surface area is 236 Å². The van der Waals surface area contributed by atoms with E-state index in [9.17, 15) is 9.18 Å². The molecule has 1 aliphatic rings. The van der Waals surface area contributed by atoms with Crippen LogP contribution in [0.5, 0.6) is 0 Å². The van der Waals surface area contributed by atoms with Crippen LogP contribution in [0.2, 0.25) is 0 Å². The van der Waals surface area contributed by atoms with E-state index in [1.165, 1.54) is 29.5 Å². The van der Waals surface area contributed by atoms with Crippen LogP contribution in [-0.2, 0) is 11.3 Å². The molecule has 2 aromatic heterocycles. The highest BCUT2D eigenvalue weighted by atomic mass is 32.1. The first kappa shape index (κ1) is 27.8. The summed E-state index contributed by atoms with van der Waals surface area (Å²) < 4.78 is 36.2. The van der Waals surface area contributed by atoms with Gasteiger partial charge in [0, 0.05) is 61.3 Å². The molecule has 1 aliphatic heterocycles. The third kappa shape index (κ3) is 5.60. The molecule has 4 aromatic rings. The van der Waals surface area contributed by atoms with Gasteiger partial charge in [-0.1, -0.05) is 0 Å². The lowest BCUT2D eigenvalue weighted by Crippen LogP contribution is -2.50. The number of piperazine rings is 1. The van der Waals surface area contributed by atoms with Crippen molar-refractivity contribution in [2.45, 2.75) is 46.8 Å². The lowest BCUT2D eigenvalue weighted by Gasteiger charge is -2.36. The molecule has 1 fully saturated rings. The number of thiazole rings is 1. The lowest BCUT2D eigenvalue weighted by molar-refractivity contribution is 0.0240. The van der Waals surface area contributed by atoms with Gasteiger partial charge in [-0.15, -0.1) is 11.3 Å². The van der Waals surface area contributed by atoms with Crippen LogP contribution in [0.4, 0.5) is 30.2 Å². The summed E-state index contributed by atoms with van der Waals surface area (Å²) in [5.41, 5.74) is 2.07. The Bertz CT molecular complexity index is 1500. The Morgan fingerprint density at radius 1 is 1.07 bits per heavy atom. The van der Waals surface area contributed by atoms with Crippen LogP contribution in [0.15, 0.2) is 41.8 Å². The molecule has 0 bridgehead atoms. The highest BCUT2D eigenvalue weighted by Gasteiger charge is 2.28. The first-order valence-corrected chi connectivity index (χ1v) is 14.4. The number of amides is 1. The van der Waals surface area contributed by atoms with Gasteiger partial charge in [-0.05, 0) is 71.0 Å². The van der Waals surface area contributed by atoms with Crippen molar-refractivity contribution in [3.63, 3.8) is 0 Å². The molecule has 212 valence electrons. The number of aromatic nitrogens is 3. The number of carbonyl (C=O) groups excluding carboxylic acids is 1. The zero-order chi connectivity index (χ0) is 28.6. The average molecular weight is 569 g/mol. The fourth-order valence-electron chi connectivity index (χ4n) is 4.84. The quantitative estimate of drug-likeness (QED) is 0.259. The normalized spacial score (nSPS) is 14.2. The summed E-state index contributed by atoms with van der Waals surface area (Å²) in [5.74, 6) is 0.0858. The third-order valence-electron chi connectivity index (χ3n) is 6.79. The SMILES string of the molecule is CCN(c1nc(-c2ccc(F)cc2)cs1)c1c2cc(N3CCN(C(=O)OC(C)(C)C)CC3)cc(F)c2nn1CC. The van der Waals surface area contributed by atoms with E-state index in [1.807, 2.05) is 51.0 Å². The Morgan fingerprint density at radius 2 is 1.77 bits per heavy atom. The molecule has 40 heavy (non-hydrogen) atoms. The van der Waals surface area contributed by atoms with Gasteiger partial charge in [-0.2, -0.15) is 5.10 Å². The van der Waals surface area contributed by atoms with Gasteiger partial charge in [0.2, 0.25) is 0 Å². The number of benzene rings is 2. The number of ether oxygens (including phenoxy) is 1. The van der Waals surface area contributed by atoms with E-state index in [1.54, 1.807) is 21.7 Å². The largest absolute Gasteiger partial charge is 0.444 e. The highest BCUT2D eigenvalue weighted by molar-refractivity contribution is 7.14. The van der Waals surface area contributed by atoms with E-state index in [0.717, 1.165) is 27.9 Å². The Kier molecular flexibility index (Phi) is 7.67. The second kappa shape index (κ2) is 11.0. The summed E-state index contributed by atoms with van der Waals surface area (Å²) in [4.78, 5) is 23.2. The third-order valence-corrected chi connectivity index (χ3v) is 7.65. The lowest BCUT2D eigenvalue weighted by atomic mass is 10.1. The molecule has 8 nitrogen and oxygen atoms in total. The summed E-state index contributed by atoms with van der Waals surface area (Å²) in [6.07, 6.45) is -0.331. The first-order chi connectivity index (χ1) is 19.1. The van der Waals surface area contributed by atoms with E-state index in [2.05, 4.69) is 10.00 Å². The second-order valence-electron chi connectivity index (χ2n) is 10.7. The number of carbonyl (C=O) groups is 1. The number of halogens is 2. The summed E-state index contributed by atoms with van der Waals surface area (Å²) in [6, 6.07) is 9.76. The van der Waals surface area contributed by atoms with E-state index < -0.39 is 11.4 Å². The average Bonchev–Trinajstić information content (AvgIpc) is 3.55. The number of hydrogen-bond donors (Lipinski definition) is 0. The minimum atomic E-state index is -0.555. The molecule has 2 aromatic carbocycles. The van der Waals surface area contributed by atoms with Crippen LogP contribution in [0, 0.1) is 11.6 Å². The summed E-state index contributed by atoms with van der Waals surface area (Å²) in [7, 11) is 0. The molecule has 0 unspecified atom stereocenters. The van der Waals surface area contributed by atoms with Crippen molar-refractivity contribution in [3.8, 4) is 11.3 Å². The molecular formula is C29H34F2N6O2S. The van der Waals surface area contributed by atoms with Crippen molar-refractivity contribution in [1.82, 2.24) is 19.7 Å². The molecular weight excluding hydrogens is 534 g/mol. The van der Waals surface area contributed by atoms with Gasteiger partial charge in [0.25, 0.3) is 0 Å². The maximum absolute atomic E-state index is 15.5. The minimum absolute atomic E-state index is 0.295. The molecule has 11 heteroatoms. The molecule has 0 atom stereocenters.